The molecule has 2 aromatic carbocycles. The summed E-state index contributed by atoms with van der Waals surface area (Å²) in [6.45, 7) is 5.11. The zero-order valence-electron chi connectivity index (χ0n) is 18.7. The molecule has 2 N–H and O–H groups in total. The highest BCUT2D eigenvalue weighted by atomic mass is 19.1. The molecule has 0 aliphatic carbocycles. The number of hydrogen-bond acceptors (Lipinski definition) is 5. The maximum Gasteiger partial charge on any atom is 0.408 e. The fourth-order valence-corrected chi connectivity index (χ4v) is 2.97. The number of carbonyl (C=O) groups is 3. The Morgan fingerprint density at radius 1 is 0.875 bits per heavy atom. The molecule has 2 rings (SSSR count). The Balaban J connectivity index is 2.20. The number of methoxy groups -OCH3 is 1. The number of ether oxygens (including phenoxy) is 2. The lowest BCUT2D eigenvalue weighted by Crippen LogP contribution is -2.53. The number of benzene rings is 2. The van der Waals surface area contributed by atoms with Crippen molar-refractivity contribution >= 4 is 18.0 Å². The summed E-state index contributed by atoms with van der Waals surface area (Å²) < 4.78 is 23.4. The van der Waals surface area contributed by atoms with Gasteiger partial charge < -0.3 is 20.1 Å². The van der Waals surface area contributed by atoms with Crippen molar-refractivity contribution in [1.82, 2.24) is 10.6 Å². The van der Waals surface area contributed by atoms with Gasteiger partial charge in [0.1, 0.15) is 23.5 Å². The number of alkyl carbamates (subject to hydrolysis) is 1. The predicted molar refractivity (Wildman–Crippen MR) is 117 cm³/mol. The number of amides is 2. The minimum absolute atomic E-state index is 0.0740. The third kappa shape index (κ3) is 8.37. The van der Waals surface area contributed by atoms with Crippen molar-refractivity contribution in [3.63, 3.8) is 0 Å². The van der Waals surface area contributed by atoms with Crippen LogP contribution in [0.1, 0.15) is 31.9 Å². The third-order valence-corrected chi connectivity index (χ3v) is 4.45. The van der Waals surface area contributed by atoms with Gasteiger partial charge in [0.05, 0.1) is 7.11 Å². The van der Waals surface area contributed by atoms with Crippen molar-refractivity contribution in [3.8, 4) is 0 Å². The van der Waals surface area contributed by atoms with Gasteiger partial charge in [-0.25, -0.2) is 14.0 Å². The van der Waals surface area contributed by atoms with Gasteiger partial charge in [0, 0.05) is 12.8 Å². The Labute approximate surface area is 187 Å². The Bertz CT molecular complexity index is 910. The van der Waals surface area contributed by atoms with E-state index >= 15 is 0 Å². The van der Waals surface area contributed by atoms with Gasteiger partial charge in [-0.1, -0.05) is 42.5 Å². The average Bonchev–Trinajstić information content (AvgIpc) is 2.73. The zero-order valence-corrected chi connectivity index (χ0v) is 18.7. The number of halogens is 1. The molecule has 2 atom stereocenters. The summed E-state index contributed by atoms with van der Waals surface area (Å²) in [7, 11) is 1.24. The van der Waals surface area contributed by atoms with Gasteiger partial charge in [0.2, 0.25) is 5.91 Å². The van der Waals surface area contributed by atoms with Crippen LogP contribution in [-0.2, 0) is 31.9 Å². The van der Waals surface area contributed by atoms with Crippen LogP contribution in [0.25, 0.3) is 0 Å². The highest BCUT2D eigenvalue weighted by Gasteiger charge is 2.29. The fraction of sp³-hybridized carbons (Fsp3) is 0.375. The molecule has 0 spiro atoms. The standard InChI is InChI=1S/C24H29FN2O5/c1-24(2,3)32-23(30)27-19(14-17-10-12-18(25)13-11-17)21(28)26-20(22(29)31-4)15-16-8-6-5-7-9-16/h5-13,19-20H,14-15H2,1-4H3,(H,26,28)(H,27,30). The van der Waals surface area contributed by atoms with E-state index in [0.717, 1.165) is 5.56 Å². The molecular formula is C24H29FN2O5. The molecule has 7 nitrogen and oxygen atoms in total. The SMILES string of the molecule is COC(=O)C(Cc1ccccc1)NC(=O)C(Cc1ccc(F)cc1)NC(=O)OC(C)(C)C. The van der Waals surface area contributed by atoms with Gasteiger partial charge in [-0.3, -0.25) is 4.79 Å². The van der Waals surface area contributed by atoms with Crippen molar-refractivity contribution in [2.24, 2.45) is 0 Å². The lowest BCUT2D eigenvalue weighted by Gasteiger charge is -2.25. The highest BCUT2D eigenvalue weighted by Crippen LogP contribution is 2.11. The van der Waals surface area contributed by atoms with Crippen molar-refractivity contribution in [2.75, 3.05) is 7.11 Å². The summed E-state index contributed by atoms with van der Waals surface area (Å²) in [5.41, 5.74) is 0.696. The molecule has 0 saturated heterocycles. The number of esters is 1. The summed E-state index contributed by atoms with van der Waals surface area (Å²) in [4.78, 5) is 37.7. The van der Waals surface area contributed by atoms with Crippen LogP contribution < -0.4 is 10.6 Å². The minimum atomic E-state index is -1.06. The molecular weight excluding hydrogens is 415 g/mol. The summed E-state index contributed by atoms with van der Waals surface area (Å²) in [5.74, 6) is -1.62. The lowest BCUT2D eigenvalue weighted by molar-refractivity contribution is -0.145. The molecule has 0 bridgehead atoms. The van der Waals surface area contributed by atoms with Gasteiger partial charge >= 0.3 is 12.1 Å². The van der Waals surface area contributed by atoms with E-state index in [0.29, 0.717) is 5.56 Å². The molecule has 0 aromatic heterocycles. The smallest absolute Gasteiger partial charge is 0.408 e. The first-order valence-corrected chi connectivity index (χ1v) is 10.2. The van der Waals surface area contributed by atoms with Crippen molar-refractivity contribution in [2.45, 2.75) is 51.3 Å². The average molecular weight is 445 g/mol. The topological polar surface area (TPSA) is 93.7 Å². The van der Waals surface area contributed by atoms with Gasteiger partial charge in [-0.05, 0) is 44.0 Å². The summed E-state index contributed by atoms with van der Waals surface area (Å²) in [6, 6.07) is 12.7. The second kappa shape index (κ2) is 11.3. The number of hydrogen-bond donors (Lipinski definition) is 2. The Morgan fingerprint density at radius 3 is 2.00 bits per heavy atom. The third-order valence-electron chi connectivity index (χ3n) is 4.45. The summed E-state index contributed by atoms with van der Waals surface area (Å²) in [5, 5.41) is 5.20. The van der Waals surface area contributed by atoms with Crippen LogP contribution in [0.2, 0.25) is 0 Å². The number of nitrogens with one attached hydrogen (secondary N) is 2. The Morgan fingerprint density at radius 2 is 1.44 bits per heavy atom. The quantitative estimate of drug-likeness (QED) is 0.610. The van der Waals surface area contributed by atoms with Crippen LogP contribution in [0.3, 0.4) is 0 Å². The first-order chi connectivity index (χ1) is 15.1. The molecule has 0 saturated carbocycles. The van der Waals surface area contributed by atoms with E-state index in [4.69, 9.17) is 9.47 Å². The maximum absolute atomic E-state index is 13.3. The van der Waals surface area contributed by atoms with E-state index in [1.54, 1.807) is 20.8 Å². The van der Waals surface area contributed by atoms with Crippen LogP contribution in [0.5, 0.6) is 0 Å². The molecule has 8 heteroatoms. The predicted octanol–water partition coefficient (Wildman–Crippen LogP) is 3.16. The van der Waals surface area contributed by atoms with Crippen molar-refractivity contribution < 1.29 is 28.2 Å². The van der Waals surface area contributed by atoms with Gasteiger partial charge in [-0.2, -0.15) is 0 Å². The molecule has 32 heavy (non-hydrogen) atoms. The van der Waals surface area contributed by atoms with Gasteiger partial charge in [-0.15, -0.1) is 0 Å². The molecule has 172 valence electrons. The Hall–Kier alpha value is -3.42. The van der Waals surface area contributed by atoms with E-state index in [9.17, 15) is 18.8 Å². The van der Waals surface area contributed by atoms with E-state index in [-0.39, 0.29) is 12.8 Å². The van der Waals surface area contributed by atoms with E-state index in [1.807, 2.05) is 30.3 Å². The van der Waals surface area contributed by atoms with Crippen molar-refractivity contribution in [3.05, 3.63) is 71.5 Å². The minimum Gasteiger partial charge on any atom is -0.467 e. The second-order valence-electron chi connectivity index (χ2n) is 8.30. The molecule has 0 radical (unpaired) electrons. The second-order valence-corrected chi connectivity index (χ2v) is 8.30. The largest absolute Gasteiger partial charge is 0.467 e. The van der Waals surface area contributed by atoms with E-state index in [1.165, 1.54) is 31.4 Å². The maximum atomic E-state index is 13.3. The van der Waals surface area contributed by atoms with E-state index in [2.05, 4.69) is 10.6 Å². The summed E-state index contributed by atoms with van der Waals surface area (Å²) in [6.07, 6.45) is -0.489. The van der Waals surface area contributed by atoms with Crippen LogP contribution in [-0.4, -0.2) is 42.8 Å². The number of carbonyl (C=O) groups excluding carboxylic acids is 3. The fourth-order valence-electron chi connectivity index (χ4n) is 2.97. The number of rotatable bonds is 8. The molecule has 2 amide bonds. The lowest BCUT2D eigenvalue weighted by atomic mass is 10.0. The first-order valence-electron chi connectivity index (χ1n) is 10.2. The van der Waals surface area contributed by atoms with Crippen LogP contribution >= 0.6 is 0 Å². The molecule has 2 unspecified atom stereocenters. The van der Waals surface area contributed by atoms with Gasteiger partial charge in [0.25, 0.3) is 0 Å². The normalized spacial score (nSPS) is 12.9. The van der Waals surface area contributed by atoms with Crippen LogP contribution in [0, 0.1) is 5.82 Å². The van der Waals surface area contributed by atoms with E-state index < -0.39 is 41.5 Å². The first kappa shape index (κ1) is 24.8. The zero-order chi connectivity index (χ0) is 23.7. The highest BCUT2D eigenvalue weighted by molar-refractivity contribution is 5.90. The molecule has 0 aliphatic rings. The molecule has 0 aliphatic heterocycles. The van der Waals surface area contributed by atoms with Gasteiger partial charge in [0.15, 0.2) is 0 Å². The summed E-state index contributed by atoms with van der Waals surface area (Å²) >= 11 is 0. The van der Waals surface area contributed by atoms with Crippen LogP contribution in [0.4, 0.5) is 9.18 Å². The Kier molecular flexibility index (Phi) is 8.75. The molecule has 0 fully saturated rings. The van der Waals surface area contributed by atoms with Crippen LogP contribution in [0.15, 0.2) is 54.6 Å². The molecule has 2 aromatic rings. The van der Waals surface area contributed by atoms with Crippen molar-refractivity contribution in [1.29, 1.82) is 0 Å². The molecule has 0 heterocycles. The monoisotopic (exact) mass is 444 g/mol.